The summed E-state index contributed by atoms with van der Waals surface area (Å²) < 4.78 is 8.74. The molecule has 12 nitrogen and oxygen atoms in total. The van der Waals surface area contributed by atoms with E-state index in [1.54, 1.807) is 0 Å². The SMILES string of the molecule is OC[C@H]1OC(n2cnc3c(Cl)ncnc32)(n2cnc3c(Cl)ncnc32)[C@H](O)[C@@H]1O. The van der Waals surface area contributed by atoms with Gasteiger partial charge in [0.05, 0.1) is 6.61 Å². The number of aliphatic hydroxyl groups is 3. The molecule has 0 bridgehead atoms. The van der Waals surface area contributed by atoms with Gasteiger partial charge in [0, 0.05) is 0 Å². The van der Waals surface area contributed by atoms with Crippen molar-refractivity contribution >= 4 is 45.5 Å². The van der Waals surface area contributed by atoms with Gasteiger partial charge in [-0.2, -0.15) is 0 Å². The predicted octanol–water partition coefficient (Wildman–Crippen LogP) is -0.456. The minimum Gasteiger partial charge on any atom is -0.394 e. The molecule has 0 spiro atoms. The smallest absolute Gasteiger partial charge is 0.264 e. The van der Waals surface area contributed by atoms with Crippen LogP contribution < -0.4 is 0 Å². The van der Waals surface area contributed by atoms with Crippen molar-refractivity contribution in [3.05, 3.63) is 35.6 Å². The largest absolute Gasteiger partial charge is 0.394 e. The lowest BCUT2D eigenvalue weighted by Gasteiger charge is -2.34. The Hall–Kier alpha value is -2.48. The highest BCUT2D eigenvalue weighted by molar-refractivity contribution is 6.33. The van der Waals surface area contributed by atoms with E-state index in [1.807, 2.05) is 0 Å². The summed E-state index contributed by atoms with van der Waals surface area (Å²) in [7, 11) is 0. The Labute approximate surface area is 171 Å². The molecule has 0 unspecified atom stereocenters. The molecule has 1 fully saturated rings. The second kappa shape index (κ2) is 6.52. The van der Waals surface area contributed by atoms with Crippen LogP contribution in [0.1, 0.15) is 0 Å². The Bertz CT molecular complexity index is 1150. The summed E-state index contributed by atoms with van der Waals surface area (Å²) in [4.78, 5) is 24.6. The molecular weight excluding hydrogens is 427 g/mol. The average Bonchev–Trinajstić information content (AvgIpc) is 3.40. The molecule has 1 aliphatic rings. The summed E-state index contributed by atoms with van der Waals surface area (Å²) >= 11 is 12.2. The highest BCUT2D eigenvalue weighted by Gasteiger charge is 2.58. The molecule has 3 N–H and O–H groups in total. The minimum atomic E-state index is -1.86. The van der Waals surface area contributed by atoms with Gasteiger partial charge in [0.1, 0.15) is 48.6 Å². The van der Waals surface area contributed by atoms with E-state index in [0.717, 1.165) is 0 Å². The van der Waals surface area contributed by atoms with Crippen LogP contribution in [0, 0.1) is 0 Å². The quantitative estimate of drug-likeness (QED) is 0.357. The van der Waals surface area contributed by atoms with Gasteiger partial charge in [0.15, 0.2) is 27.7 Å². The van der Waals surface area contributed by atoms with Crippen LogP contribution in [0.4, 0.5) is 0 Å². The Morgan fingerprint density at radius 1 is 0.897 bits per heavy atom. The van der Waals surface area contributed by atoms with Gasteiger partial charge >= 0.3 is 0 Å². The van der Waals surface area contributed by atoms with Crippen molar-refractivity contribution in [2.75, 3.05) is 6.61 Å². The molecule has 150 valence electrons. The zero-order chi connectivity index (χ0) is 20.3. The number of imidazole rings is 2. The average molecular weight is 439 g/mol. The van der Waals surface area contributed by atoms with E-state index >= 15 is 0 Å². The molecule has 5 heterocycles. The molecule has 1 saturated heterocycles. The van der Waals surface area contributed by atoms with Crippen molar-refractivity contribution in [3.8, 4) is 0 Å². The molecule has 0 aromatic carbocycles. The summed E-state index contributed by atoms with van der Waals surface area (Å²) in [5.74, 6) is -1.86. The number of halogens is 2. The Balaban J connectivity index is 1.86. The zero-order valence-electron chi connectivity index (χ0n) is 14.3. The van der Waals surface area contributed by atoms with Crippen molar-refractivity contribution in [1.82, 2.24) is 39.0 Å². The third-order valence-electron chi connectivity index (χ3n) is 4.86. The molecule has 4 aromatic rings. The first kappa shape index (κ1) is 18.5. The van der Waals surface area contributed by atoms with Gasteiger partial charge in [-0.15, -0.1) is 0 Å². The van der Waals surface area contributed by atoms with E-state index in [-0.39, 0.29) is 32.6 Å². The highest BCUT2D eigenvalue weighted by Crippen LogP contribution is 2.40. The molecule has 0 aliphatic carbocycles. The molecule has 5 rings (SSSR count). The number of aromatic nitrogens is 8. The summed E-state index contributed by atoms with van der Waals surface area (Å²) in [5, 5.41) is 31.4. The van der Waals surface area contributed by atoms with Gasteiger partial charge in [0.2, 0.25) is 0 Å². The Kier molecular flexibility index (Phi) is 4.17. The number of hydrogen-bond donors (Lipinski definition) is 3. The van der Waals surface area contributed by atoms with Crippen molar-refractivity contribution in [3.63, 3.8) is 0 Å². The molecule has 3 atom stereocenters. The first-order valence-electron chi connectivity index (χ1n) is 8.32. The molecule has 4 aromatic heterocycles. The van der Waals surface area contributed by atoms with Crippen LogP contribution in [-0.2, 0) is 10.6 Å². The Morgan fingerprint density at radius 2 is 1.41 bits per heavy atom. The molecule has 29 heavy (non-hydrogen) atoms. The monoisotopic (exact) mass is 438 g/mol. The number of aliphatic hydroxyl groups excluding tert-OH is 3. The van der Waals surface area contributed by atoms with Gasteiger partial charge in [-0.25, -0.2) is 29.9 Å². The fourth-order valence-electron chi connectivity index (χ4n) is 3.53. The summed E-state index contributed by atoms with van der Waals surface area (Å²) in [6.45, 7) is -0.551. The molecule has 14 heteroatoms. The van der Waals surface area contributed by atoms with Gasteiger partial charge in [-0.05, 0) is 0 Å². The third kappa shape index (κ3) is 2.41. The van der Waals surface area contributed by atoms with E-state index in [0.29, 0.717) is 0 Å². The summed E-state index contributed by atoms with van der Waals surface area (Å²) in [6.07, 6.45) is 0.979. The van der Waals surface area contributed by atoms with E-state index in [9.17, 15) is 15.3 Å². The minimum absolute atomic E-state index is 0.0940. The van der Waals surface area contributed by atoms with Gasteiger partial charge in [-0.1, -0.05) is 23.2 Å². The van der Waals surface area contributed by atoms with Crippen LogP contribution in [0.2, 0.25) is 10.3 Å². The molecule has 1 aliphatic heterocycles. The van der Waals surface area contributed by atoms with E-state index in [4.69, 9.17) is 27.9 Å². The fourth-order valence-corrected chi connectivity index (χ4v) is 3.88. The topological polar surface area (TPSA) is 157 Å². The lowest BCUT2D eigenvalue weighted by molar-refractivity contribution is -0.163. The van der Waals surface area contributed by atoms with E-state index < -0.39 is 30.8 Å². The number of nitrogens with zero attached hydrogens (tertiary/aromatic N) is 8. The lowest BCUT2D eigenvalue weighted by Crippen LogP contribution is -2.51. The second-order valence-electron chi connectivity index (χ2n) is 6.34. The van der Waals surface area contributed by atoms with Crippen LogP contribution in [0.25, 0.3) is 22.3 Å². The normalized spacial score (nSPS) is 24.0. The lowest BCUT2D eigenvalue weighted by atomic mass is 10.1. The maximum absolute atomic E-state index is 11.1. The summed E-state index contributed by atoms with van der Waals surface area (Å²) in [5.41, 5.74) is 0.945. The molecule has 0 amide bonds. The number of fused-ring (bicyclic) bond motifs is 2. The van der Waals surface area contributed by atoms with Crippen LogP contribution in [0.15, 0.2) is 25.3 Å². The third-order valence-corrected chi connectivity index (χ3v) is 5.42. The number of ether oxygens (including phenoxy) is 1. The first-order chi connectivity index (χ1) is 14.0. The number of hydrogen-bond acceptors (Lipinski definition) is 10. The van der Waals surface area contributed by atoms with Crippen molar-refractivity contribution in [1.29, 1.82) is 0 Å². The van der Waals surface area contributed by atoms with E-state index in [1.165, 1.54) is 34.4 Å². The first-order valence-corrected chi connectivity index (χ1v) is 9.07. The molecule has 0 saturated carbocycles. The van der Waals surface area contributed by atoms with Crippen molar-refractivity contribution in [2.24, 2.45) is 0 Å². The van der Waals surface area contributed by atoms with Gasteiger partial charge in [0.25, 0.3) is 5.85 Å². The Morgan fingerprint density at radius 3 is 1.86 bits per heavy atom. The molecular formula is C15H12Cl2N8O4. The second-order valence-corrected chi connectivity index (χ2v) is 7.05. The zero-order valence-corrected chi connectivity index (χ0v) is 15.8. The standard InChI is InChI=1S/C15H12Cl2N8O4/c16-11-7-13(20-2-18-11)24(4-22-7)15(10(28)9(27)6(1-26)29-15)25-5-23-8-12(17)19-3-21-14(8)25/h2-6,9-10,26-28H,1H2/t6-,9-,10-/m1/s1. The maximum atomic E-state index is 11.1. The maximum Gasteiger partial charge on any atom is 0.264 e. The van der Waals surface area contributed by atoms with Crippen LogP contribution >= 0.6 is 23.2 Å². The van der Waals surface area contributed by atoms with Crippen LogP contribution in [-0.4, -0.2) is 79.3 Å². The number of rotatable bonds is 3. The van der Waals surface area contributed by atoms with Crippen molar-refractivity contribution in [2.45, 2.75) is 24.2 Å². The van der Waals surface area contributed by atoms with Gasteiger partial charge < -0.3 is 20.1 Å². The predicted molar refractivity (Wildman–Crippen MR) is 98.0 cm³/mol. The van der Waals surface area contributed by atoms with Crippen LogP contribution in [0.5, 0.6) is 0 Å². The highest BCUT2D eigenvalue weighted by atomic mass is 35.5. The van der Waals surface area contributed by atoms with Gasteiger partial charge in [-0.3, -0.25) is 9.13 Å². The van der Waals surface area contributed by atoms with E-state index in [2.05, 4.69) is 29.9 Å². The van der Waals surface area contributed by atoms with Crippen molar-refractivity contribution < 1.29 is 20.1 Å². The summed E-state index contributed by atoms with van der Waals surface area (Å²) in [6, 6.07) is 0. The molecule has 0 radical (unpaired) electrons. The fraction of sp³-hybridized carbons (Fsp3) is 0.333. The van der Waals surface area contributed by atoms with Crippen LogP contribution in [0.3, 0.4) is 0 Å².